The Morgan fingerprint density at radius 2 is 1.62 bits per heavy atom. The molecule has 1 aliphatic rings. The third kappa shape index (κ3) is 4.69. The van der Waals surface area contributed by atoms with E-state index in [1.54, 1.807) is 0 Å². The summed E-state index contributed by atoms with van der Waals surface area (Å²) < 4.78 is 0. The fraction of sp³-hybridized carbons (Fsp3) is 0.923. The predicted octanol–water partition coefficient (Wildman–Crippen LogP) is 3.17. The molecule has 2 nitrogen and oxygen atoms in total. The maximum absolute atomic E-state index is 5.47. The smallest absolute Gasteiger partial charge is 0.169 e. The lowest BCUT2D eigenvalue weighted by atomic mass is 9.82. The minimum atomic E-state index is 0.0813. The van der Waals surface area contributed by atoms with E-state index in [4.69, 9.17) is 12.2 Å². The minimum Gasteiger partial charge on any atom is -0.358 e. The molecular formula is C13H26N2S. The van der Waals surface area contributed by atoms with Crippen molar-refractivity contribution in [2.45, 2.75) is 59.4 Å². The summed E-state index contributed by atoms with van der Waals surface area (Å²) in [5.74, 6) is 0. The van der Waals surface area contributed by atoms with Crippen LogP contribution in [0, 0.1) is 5.41 Å². The van der Waals surface area contributed by atoms with E-state index < -0.39 is 0 Å². The summed E-state index contributed by atoms with van der Waals surface area (Å²) in [6, 6.07) is 0. The molecule has 0 amide bonds. The van der Waals surface area contributed by atoms with Gasteiger partial charge in [0.15, 0.2) is 5.11 Å². The van der Waals surface area contributed by atoms with E-state index in [0.29, 0.717) is 5.41 Å². The molecule has 94 valence electrons. The van der Waals surface area contributed by atoms with Gasteiger partial charge < -0.3 is 10.2 Å². The van der Waals surface area contributed by atoms with Crippen molar-refractivity contribution < 1.29 is 0 Å². The molecule has 0 bridgehead atoms. The topological polar surface area (TPSA) is 15.3 Å². The SMILES string of the molecule is CC(C)(C)CC(C)(C)NC(=S)N1CCCC1. The molecule has 0 saturated carbocycles. The summed E-state index contributed by atoms with van der Waals surface area (Å²) in [5.41, 5.74) is 0.412. The Hall–Kier alpha value is -0.310. The summed E-state index contributed by atoms with van der Waals surface area (Å²) in [6.07, 6.45) is 3.68. The number of hydrogen-bond donors (Lipinski definition) is 1. The van der Waals surface area contributed by atoms with Crippen LogP contribution in [-0.4, -0.2) is 28.6 Å². The second kappa shape index (κ2) is 4.91. The molecule has 0 aromatic rings. The lowest BCUT2D eigenvalue weighted by molar-refractivity contribution is 0.261. The van der Waals surface area contributed by atoms with Gasteiger partial charge >= 0.3 is 0 Å². The Kier molecular flexibility index (Phi) is 4.22. The van der Waals surface area contributed by atoms with E-state index in [-0.39, 0.29) is 5.54 Å². The van der Waals surface area contributed by atoms with E-state index in [1.165, 1.54) is 12.8 Å². The van der Waals surface area contributed by atoms with Crippen LogP contribution >= 0.6 is 12.2 Å². The Balaban J connectivity index is 2.48. The van der Waals surface area contributed by atoms with Gasteiger partial charge in [0.1, 0.15) is 0 Å². The first-order valence-electron chi connectivity index (χ1n) is 6.27. The second-order valence-electron chi connectivity index (χ2n) is 6.75. The molecule has 0 aromatic heterocycles. The first kappa shape index (κ1) is 13.8. The number of rotatable bonds is 2. The van der Waals surface area contributed by atoms with Crippen LogP contribution in [0.4, 0.5) is 0 Å². The van der Waals surface area contributed by atoms with Crippen LogP contribution < -0.4 is 5.32 Å². The summed E-state index contributed by atoms with van der Waals surface area (Å²) >= 11 is 5.47. The van der Waals surface area contributed by atoms with Gasteiger partial charge in [-0.05, 0) is 50.7 Å². The highest BCUT2D eigenvalue weighted by molar-refractivity contribution is 7.80. The average molecular weight is 242 g/mol. The predicted molar refractivity (Wildman–Crippen MR) is 74.7 cm³/mol. The van der Waals surface area contributed by atoms with E-state index >= 15 is 0 Å². The summed E-state index contributed by atoms with van der Waals surface area (Å²) in [6.45, 7) is 13.5. The molecule has 0 aliphatic carbocycles. The molecule has 0 aromatic carbocycles. The Morgan fingerprint density at radius 3 is 2.06 bits per heavy atom. The molecule has 1 heterocycles. The molecule has 16 heavy (non-hydrogen) atoms. The Morgan fingerprint density at radius 1 is 1.12 bits per heavy atom. The number of hydrogen-bond acceptors (Lipinski definition) is 1. The van der Waals surface area contributed by atoms with Gasteiger partial charge in [0, 0.05) is 18.6 Å². The van der Waals surface area contributed by atoms with Crippen molar-refractivity contribution in [1.82, 2.24) is 10.2 Å². The van der Waals surface area contributed by atoms with Crippen LogP contribution in [0.25, 0.3) is 0 Å². The molecule has 0 radical (unpaired) electrons. The van der Waals surface area contributed by atoms with Crippen molar-refractivity contribution in [2.75, 3.05) is 13.1 Å². The molecule has 0 spiro atoms. The van der Waals surface area contributed by atoms with E-state index in [0.717, 1.165) is 24.6 Å². The Labute approximate surface area is 106 Å². The van der Waals surface area contributed by atoms with Gasteiger partial charge in [-0.3, -0.25) is 0 Å². The van der Waals surface area contributed by atoms with Crippen molar-refractivity contribution in [1.29, 1.82) is 0 Å². The van der Waals surface area contributed by atoms with Crippen LogP contribution in [0.1, 0.15) is 53.9 Å². The van der Waals surface area contributed by atoms with Crippen LogP contribution in [0.5, 0.6) is 0 Å². The zero-order valence-corrected chi connectivity index (χ0v) is 12.2. The molecular weight excluding hydrogens is 216 g/mol. The van der Waals surface area contributed by atoms with Gasteiger partial charge in [-0.15, -0.1) is 0 Å². The number of nitrogens with one attached hydrogen (secondary N) is 1. The van der Waals surface area contributed by atoms with Gasteiger partial charge in [-0.1, -0.05) is 20.8 Å². The lowest BCUT2D eigenvalue weighted by Crippen LogP contribution is -2.50. The Bertz CT molecular complexity index is 247. The minimum absolute atomic E-state index is 0.0813. The van der Waals surface area contributed by atoms with Crippen molar-refractivity contribution in [3.8, 4) is 0 Å². The maximum atomic E-state index is 5.47. The first-order chi connectivity index (χ1) is 7.20. The fourth-order valence-electron chi connectivity index (χ4n) is 2.66. The van der Waals surface area contributed by atoms with Crippen molar-refractivity contribution in [3.05, 3.63) is 0 Å². The monoisotopic (exact) mass is 242 g/mol. The zero-order valence-electron chi connectivity index (χ0n) is 11.4. The van der Waals surface area contributed by atoms with E-state index in [1.807, 2.05) is 0 Å². The van der Waals surface area contributed by atoms with Gasteiger partial charge in [-0.25, -0.2) is 0 Å². The first-order valence-corrected chi connectivity index (χ1v) is 6.68. The molecule has 1 N–H and O–H groups in total. The summed E-state index contributed by atoms with van der Waals surface area (Å²) in [7, 11) is 0. The number of likely N-dealkylation sites (tertiary alicyclic amines) is 1. The van der Waals surface area contributed by atoms with Crippen molar-refractivity contribution in [3.63, 3.8) is 0 Å². The van der Waals surface area contributed by atoms with Crippen LogP contribution in [0.15, 0.2) is 0 Å². The quantitative estimate of drug-likeness (QED) is 0.749. The van der Waals surface area contributed by atoms with Crippen LogP contribution in [-0.2, 0) is 0 Å². The fourth-order valence-corrected chi connectivity index (χ4v) is 3.12. The zero-order chi connectivity index (χ0) is 12.4. The van der Waals surface area contributed by atoms with Crippen LogP contribution in [0.3, 0.4) is 0 Å². The molecule has 0 atom stereocenters. The molecule has 0 unspecified atom stereocenters. The largest absolute Gasteiger partial charge is 0.358 e. The molecule has 1 fully saturated rings. The van der Waals surface area contributed by atoms with Gasteiger partial charge in [0.2, 0.25) is 0 Å². The van der Waals surface area contributed by atoms with Crippen molar-refractivity contribution in [2.24, 2.45) is 5.41 Å². The van der Waals surface area contributed by atoms with Gasteiger partial charge in [0.05, 0.1) is 0 Å². The standard InChI is InChI=1S/C13H26N2S/c1-12(2,3)10-13(4,5)14-11(16)15-8-6-7-9-15/h6-10H2,1-5H3,(H,14,16). The van der Waals surface area contributed by atoms with Gasteiger partial charge in [0.25, 0.3) is 0 Å². The molecule has 3 heteroatoms. The van der Waals surface area contributed by atoms with Crippen molar-refractivity contribution >= 4 is 17.3 Å². The maximum Gasteiger partial charge on any atom is 0.169 e. The highest BCUT2D eigenvalue weighted by Crippen LogP contribution is 2.27. The number of nitrogens with zero attached hydrogens (tertiary/aromatic N) is 1. The molecule has 1 rings (SSSR count). The van der Waals surface area contributed by atoms with E-state index in [9.17, 15) is 0 Å². The summed E-state index contributed by atoms with van der Waals surface area (Å²) in [4.78, 5) is 2.29. The molecule has 1 saturated heterocycles. The third-order valence-corrected chi connectivity index (χ3v) is 3.17. The second-order valence-corrected chi connectivity index (χ2v) is 7.13. The normalized spacial score (nSPS) is 17.7. The summed E-state index contributed by atoms with van der Waals surface area (Å²) in [5, 5.41) is 4.45. The highest BCUT2D eigenvalue weighted by atomic mass is 32.1. The molecule has 1 aliphatic heterocycles. The lowest BCUT2D eigenvalue weighted by Gasteiger charge is -2.36. The van der Waals surface area contributed by atoms with Gasteiger partial charge in [-0.2, -0.15) is 0 Å². The highest BCUT2D eigenvalue weighted by Gasteiger charge is 2.27. The average Bonchev–Trinajstić information content (AvgIpc) is 2.48. The van der Waals surface area contributed by atoms with E-state index in [2.05, 4.69) is 44.8 Å². The number of thiocarbonyl (C=S) groups is 1. The third-order valence-electron chi connectivity index (χ3n) is 2.81. The van der Waals surface area contributed by atoms with Crippen LogP contribution in [0.2, 0.25) is 0 Å².